The van der Waals surface area contributed by atoms with E-state index in [4.69, 9.17) is 4.18 Å². The summed E-state index contributed by atoms with van der Waals surface area (Å²) in [6.45, 7) is 0.136. The minimum absolute atomic E-state index is 0.0860. The fourth-order valence-corrected chi connectivity index (χ4v) is 3.81. The van der Waals surface area contributed by atoms with Crippen molar-refractivity contribution < 1.29 is 30.6 Å². The van der Waals surface area contributed by atoms with E-state index in [1.165, 1.54) is 12.3 Å². The van der Waals surface area contributed by atoms with Crippen molar-refractivity contribution in [1.29, 1.82) is 0 Å². The van der Waals surface area contributed by atoms with Gasteiger partial charge in [-0.15, -0.1) is 0 Å². The average Bonchev–Trinajstić information content (AvgIpc) is 3.08. The van der Waals surface area contributed by atoms with Crippen LogP contribution in [0.2, 0.25) is 0 Å². The van der Waals surface area contributed by atoms with Gasteiger partial charge in [0, 0.05) is 11.6 Å². The maximum absolute atomic E-state index is 12.8. The normalized spacial score (nSPS) is 19.0. The number of carbonyl (C=O) groups excluding carboxylic acids is 1. The molecule has 0 aliphatic heterocycles. The molecule has 1 N–H and O–H groups in total. The number of rotatable bonds is 6. The van der Waals surface area contributed by atoms with Gasteiger partial charge in [0.2, 0.25) is 0 Å². The summed E-state index contributed by atoms with van der Waals surface area (Å²) in [7, 11) is -3.47. The lowest BCUT2D eigenvalue weighted by Gasteiger charge is -2.34. The molecule has 32 heavy (non-hydrogen) atoms. The molecule has 0 spiro atoms. The first-order valence-electron chi connectivity index (χ1n) is 9.53. The average molecular weight is 469 g/mol. The fraction of sp³-hybridized carbons (Fsp3) is 0.368. The molecule has 0 saturated heterocycles. The summed E-state index contributed by atoms with van der Waals surface area (Å²) in [5, 5.41) is 7.57. The van der Waals surface area contributed by atoms with E-state index in [1.807, 2.05) is 0 Å². The van der Waals surface area contributed by atoms with Crippen LogP contribution in [0.25, 0.3) is 10.9 Å². The third kappa shape index (κ3) is 5.05. The number of hydrogen-bond acceptors (Lipinski definition) is 7. The summed E-state index contributed by atoms with van der Waals surface area (Å²) in [5.41, 5.74) is -0.958. The predicted molar refractivity (Wildman–Crippen MR) is 107 cm³/mol. The van der Waals surface area contributed by atoms with Crippen molar-refractivity contribution in [2.24, 2.45) is 5.92 Å². The lowest BCUT2D eigenvalue weighted by atomic mass is 9.81. The number of anilines is 1. The third-order valence-electron chi connectivity index (χ3n) is 5.02. The Morgan fingerprint density at radius 2 is 2.06 bits per heavy atom. The van der Waals surface area contributed by atoms with Crippen molar-refractivity contribution in [2.45, 2.75) is 25.1 Å². The van der Waals surface area contributed by atoms with E-state index in [9.17, 15) is 26.4 Å². The van der Waals surface area contributed by atoms with Gasteiger partial charge in [-0.2, -0.15) is 26.7 Å². The van der Waals surface area contributed by atoms with Gasteiger partial charge in [-0.1, -0.05) is 6.07 Å². The van der Waals surface area contributed by atoms with Crippen LogP contribution in [-0.2, 0) is 20.5 Å². The zero-order chi connectivity index (χ0) is 23.1. The van der Waals surface area contributed by atoms with Crippen LogP contribution in [0.3, 0.4) is 0 Å². The number of carbonyl (C=O) groups is 1. The van der Waals surface area contributed by atoms with Crippen LogP contribution in [0.1, 0.15) is 35.1 Å². The number of nitrogens with zero attached hydrogens (tertiary/aromatic N) is 4. The van der Waals surface area contributed by atoms with Gasteiger partial charge in [-0.05, 0) is 37.0 Å². The SMILES string of the molecule is CS(=O)(=O)OCC1CC(n2cc3cc(NC(=O)c4cccc(C(F)(F)F)n4)ncc3n2)C1. The van der Waals surface area contributed by atoms with Gasteiger partial charge in [0.1, 0.15) is 22.7 Å². The second kappa shape index (κ2) is 8.13. The first-order valence-corrected chi connectivity index (χ1v) is 11.3. The number of amides is 1. The van der Waals surface area contributed by atoms with Gasteiger partial charge >= 0.3 is 6.18 Å². The molecule has 9 nitrogen and oxygen atoms in total. The zero-order valence-electron chi connectivity index (χ0n) is 16.7. The standard InChI is InChI=1S/C19H18F3N5O4S/c1-32(29,30)31-10-11-5-13(6-11)27-9-12-7-17(23-8-15(12)26-27)25-18(28)14-3-2-4-16(24-14)19(20,21)22/h2-4,7-9,11,13H,5-6,10H2,1H3,(H,25,28). The molecular weight excluding hydrogens is 451 g/mol. The number of alkyl halides is 3. The van der Waals surface area contributed by atoms with Crippen LogP contribution >= 0.6 is 0 Å². The summed E-state index contributed by atoms with van der Waals surface area (Å²) in [6, 6.07) is 4.73. The second-order valence-corrected chi connectivity index (χ2v) is 9.22. The Balaban J connectivity index is 1.42. The molecule has 0 bridgehead atoms. The minimum atomic E-state index is -4.65. The Morgan fingerprint density at radius 3 is 2.75 bits per heavy atom. The minimum Gasteiger partial charge on any atom is -0.305 e. The molecule has 0 aromatic carbocycles. The van der Waals surface area contributed by atoms with Crippen molar-refractivity contribution in [1.82, 2.24) is 19.7 Å². The van der Waals surface area contributed by atoms with Gasteiger partial charge in [-0.25, -0.2) is 9.97 Å². The highest BCUT2D eigenvalue weighted by atomic mass is 32.2. The molecule has 1 aliphatic rings. The van der Waals surface area contributed by atoms with Crippen molar-refractivity contribution in [3.63, 3.8) is 0 Å². The lowest BCUT2D eigenvalue weighted by Crippen LogP contribution is -2.30. The summed E-state index contributed by atoms with van der Waals surface area (Å²) in [5.74, 6) is -0.549. The number of hydrogen-bond donors (Lipinski definition) is 1. The summed E-state index contributed by atoms with van der Waals surface area (Å²) >= 11 is 0. The molecule has 170 valence electrons. The highest BCUT2D eigenvalue weighted by molar-refractivity contribution is 7.85. The van der Waals surface area contributed by atoms with E-state index >= 15 is 0 Å². The molecule has 0 atom stereocenters. The number of fused-ring (bicyclic) bond motifs is 1. The van der Waals surface area contributed by atoms with Crippen LogP contribution < -0.4 is 5.32 Å². The maximum Gasteiger partial charge on any atom is 0.433 e. The lowest BCUT2D eigenvalue weighted by molar-refractivity contribution is -0.141. The van der Waals surface area contributed by atoms with E-state index < -0.39 is 27.9 Å². The smallest absolute Gasteiger partial charge is 0.305 e. The van der Waals surface area contributed by atoms with Crippen molar-refractivity contribution in [3.05, 3.63) is 48.0 Å². The molecule has 4 rings (SSSR count). The molecule has 3 aromatic rings. The first-order chi connectivity index (χ1) is 15.0. The zero-order valence-corrected chi connectivity index (χ0v) is 17.5. The van der Waals surface area contributed by atoms with Crippen molar-refractivity contribution in [3.8, 4) is 0 Å². The Morgan fingerprint density at radius 1 is 1.31 bits per heavy atom. The predicted octanol–water partition coefficient (Wildman–Crippen LogP) is 3.02. The van der Waals surface area contributed by atoms with Crippen molar-refractivity contribution in [2.75, 3.05) is 18.2 Å². The second-order valence-electron chi connectivity index (χ2n) is 7.58. The highest BCUT2D eigenvalue weighted by Gasteiger charge is 2.33. The molecule has 1 aliphatic carbocycles. The van der Waals surface area contributed by atoms with Crippen LogP contribution in [-0.4, -0.2) is 46.9 Å². The van der Waals surface area contributed by atoms with Gasteiger partial charge < -0.3 is 5.32 Å². The van der Waals surface area contributed by atoms with Crippen LogP contribution in [0.15, 0.2) is 36.7 Å². The van der Waals surface area contributed by atoms with Gasteiger partial charge in [0.25, 0.3) is 16.0 Å². The Labute approximate surface area is 180 Å². The van der Waals surface area contributed by atoms with Crippen LogP contribution in [0.5, 0.6) is 0 Å². The Kier molecular flexibility index (Phi) is 5.63. The Bertz CT molecular complexity index is 1270. The topological polar surface area (TPSA) is 116 Å². The number of pyridine rings is 2. The van der Waals surface area contributed by atoms with E-state index in [0.29, 0.717) is 23.7 Å². The molecule has 1 fully saturated rings. The molecular formula is C19H18F3N5O4S. The highest BCUT2D eigenvalue weighted by Crippen LogP contribution is 2.38. The fourth-order valence-electron chi connectivity index (χ4n) is 3.37. The summed E-state index contributed by atoms with van der Waals surface area (Å²) in [4.78, 5) is 19.8. The molecule has 1 amide bonds. The summed E-state index contributed by atoms with van der Waals surface area (Å²) in [6.07, 6.45) is 0.996. The summed E-state index contributed by atoms with van der Waals surface area (Å²) < 4.78 is 67.1. The van der Waals surface area contributed by atoms with Gasteiger partial charge in [-0.3, -0.25) is 13.7 Å². The first kappa shape index (κ1) is 22.1. The van der Waals surface area contributed by atoms with E-state index in [0.717, 1.165) is 18.4 Å². The number of nitrogens with one attached hydrogen (secondary N) is 1. The van der Waals surface area contributed by atoms with Gasteiger partial charge in [0.15, 0.2) is 0 Å². The quantitative estimate of drug-likeness (QED) is 0.552. The Hall–Kier alpha value is -3.06. The van der Waals surface area contributed by atoms with Crippen molar-refractivity contribution >= 4 is 32.7 Å². The monoisotopic (exact) mass is 469 g/mol. The van der Waals surface area contributed by atoms with Gasteiger partial charge in [0.05, 0.1) is 25.1 Å². The molecule has 13 heteroatoms. The molecule has 0 unspecified atom stereocenters. The number of halogens is 3. The molecule has 3 heterocycles. The molecule has 3 aromatic heterocycles. The maximum atomic E-state index is 12.8. The largest absolute Gasteiger partial charge is 0.433 e. The van der Waals surface area contributed by atoms with E-state index in [2.05, 4.69) is 20.4 Å². The van der Waals surface area contributed by atoms with Crippen LogP contribution in [0.4, 0.5) is 19.0 Å². The van der Waals surface area contributed by atoms with E-state index in [-0.39, 0.29) is 30.1 Å². The molecule has 1 saturated carbocycles. The third-order valence-corrected chi connectivity index (χ3v) is 5.59. The van der Waals surface area contributed by atoms with Crippen LogP contribution in [0, 0.1) is 5.92 Å². The number of aromatic nitrogens is 4. The molecule has 0 radical (unpaired) electrons. The van der Waals surface area contributed by atoms with E-state index in [1.54, 1.807) is 16.9 Å².